The van der Waals surface area contributed by atoms with Crippen molar-refractivity contribution in [3.05, 3.63) is 90.5 Å². The Morgan fingerprint density at radius 2 is 1.12 bits per heavy atom. The number of hydrazine groups is 1. The van der Waals surface area contributed by atoms with E-state index in [4.69, 9.17) is 0 Å². The van der Waals surface area contributed by atoms with Gasteiger partial charge < -0.3 is 0 Å². The van der Waals surface area contributed by atoms with E-state index in [9.17, 15) is 13.2 Å². The van der Waals surface area contributed by atoms with Crippen molar-refractivity contribution in [1.29, 1.82) is 0 Å². The number of para-hydroxylation sites is 2. The van der Waals surface area contributed by atoms with Crippen LogP contribution < -0.4 is 10.4 Å². The van der Waals surface area contributed by atoms with Gasteiger partial charge in [0.05, 0.1) is 22.6 Å². The first-order chi connectivity index (χ1) is 11.5. The van der Waals surface area contributed by atoms with Crippen LogP contribution in [0.1, 0.15) is 5.56 Å². The molecule has 0 aromatic heterocycles. The van der Waals surface area contributed by atoms with Crippen molar-refractivity contribution in [3.8, 4) is 0 Å². The van der Waals surface area contributed by atoms with Crippen molar-refractivity contribution in [1.82, 2.24) is 0 Å². The molecule has 24 heavy (non-hydrogen) atoms. The Balaban J connectivity index is 1.95. The zero-order chi connectivity index (χ0) is 17.0. The minimum Gasteiger partial charge on any atom is -0.294 e. The van der Waals surface area contributed by atoms with E-state index in [-0.39, 0.29) is 0 Å². The lowest BCUT2D eigenvalue weighted by molar-refractivity contribution is -0.137. The molecule has 0 saturated carbocycles. The van der Waals surface area contributed by atoms with E-state index in [0.29, 0.717) is 5.69 Å². The van der Waals surface area contributed by atoms with Gasteiger partial charge in [-0.15, -0.1) is 0 Å². The molecule has 0 atom stereocenters. The Kier molecular flexibility index (Phi) is 4.42. The fourth-order valence-corrected chi connectivity index (χ4v) is 2.30. The Bertz CT molecular complexity index is 769. The predicted molar refractivity (Wildman–Crippen MR) is 90.1 cm³/mol. The molecule has 0 bridgehead atoms. The molecule has 1 N–H and O–H groups in total. The molecule has 0 aliphatic carbocycles. The van der Waals surface area contributed by atoms with Gasteiger partial charge in [0, 0.05) is 0 Å². The van der Waals surface area contributed by atoms with Crippen LogP contribution >= 0.6 is 0 Å². The van der Waals surface area contributed by atoms with Gasteiger partial charge in [-0.25, -0.2) is 0 Å². The normalized spacial score (nSPS) is 11.1. The molecule has 0 saturated heterocycles. The summed E-state index contributed by atoms with van der Waals surface area (Å²) in [6, 6.07) is 23.9. The van der Waals surface area contributed by atoms with Crippen molar-refractivity contribution in [2.45, 2.75) is 6.18 Å². The molecular formula is C19H15F3N2. The number of halogens is 3. The van der Waals surface area contributed by atoms with Crippen LogP contribution in [-0.4, -0.2) is 0 Å². The summed E-state index contributed by atoms with van der Waals surface area (Å²) in [5, 5.41) is 1.75. The van der Waals surface area contributed by atoms with Crippen LogP contribution in [0.15, 0.2) is 84.9 Å². The summed E-state index contributed by atoms with van der Waals surface area (Å²) in [4.78, 5) is 0. The lowest BCUT2D eigenvalue weighted by Gasteiger charge is -2.27. The third kappa shape index (κ3) is 3.68. The first-order valence-electron chi connectivity index (χ1n) is 7.38. The molecule has 0 aliphatic rings. The van der Waals surface area contributed by atoms with Crippen LogP contribution in [0.25, 0.3) is 0 Å². The van der Waals surface area contributed by atoms with E-state index in [1.165, 1.54) is 12.1 Å². The van der Waals surface area contributed by atoms with E-state index in [1.54, 1.807) is 5.01 Å². The highest BCUT2D eigenvalue weighted by molar-refractivity contribution is 5.68. The largest absolute Gasteiger partial charge is 0.416 e. The van der Waals surface area contributed by atoms with Gasteiger partial charge in [0.25, 0.3) is 0 Å². The molecule has 122 valence electrons. The van der Waals surface area contributed by atoms with Crippen LogP contribution in [0.5, 0.6) is 0 Å². The molecule has 2 nitrogen and oxygen atoms in total. The van der Waals surface area contributed by atoms with Crippen LogP contribution in [0.2, 0.25) is 0 Å². The number of hydrogen-bond acceptors (Lipinski definition) is 2. The standard InChI is InChI=1S/C19H15F3N2/c20-19(21,22)15-11-13-18(14-12-15)24(17-9-5-2-6-10-17)23-16-7-3-1-4-8-16/h1-14,23H. The molecule has 0 amide bonds. The highest BCUT2D eigenvalue weighted by Gasteiger charge is 2.30. The summed E-state index contributed by atoms with van der Waals surface area (Å²) in [6.45, 7) is 0. The van der Waals surface area contributed by atoms with Crippen LogP contribution in [0.4, 0.5) is 30.2 Å². The summed E-state index contributed by atoms with van der Waals surface area (Å²) in [5.74, 6) is 0. The van der Waals surface area contributed by atoms with Gasteiger partial charge in [-0.05, 0) is 48.5 Å². The molecule has 0 fully saturated rings. The van der Waals surface area contributed by atoms with Gasteiger partial charge in [-0.1, -0.05) is 36.4 Å². The third-order valence-corrected chi connectivity index (χ3v) is 3.48. The van der Waals surface area contributed by atoms with E-state index >= 15 is 0 Å². The molecule has 0 aliphatic heterocycles. The van der Waals surface area contributed by atoms with Crippen molar-refractivity contribution in [2.75, 3.05) is 10.4 Å². The number of nitrogens with one attached hydrogen (secondary N) is 1. The zero-order valence-electron chi connectivity index (χ0n) is 12.7. The summed E-state index contributed by atoms with van der Waals surface area (Å²) in [5.41, 5.74) is 4.82. The molecule has 0 unspecified atom stereocenters. The first-order valence-corrected chi connectivity index (χ1v) is 7.38. The second-order valence-electron chi connectivity index (χ2n) is 5.19. The lowest BCUT2D eigenvalue weighted by atomic mass is 10.2. The number of benzene rings is 3. The monoisotopic (exact) mass is 328 g/mol. The van der Waals surface area contributed by atoms with Gasteiger partial charge >= 0.3 is 6.18 Å². The van der Waals surface area contributed by atoms with Gasteiger partial charge in [0.15, 0.2) is 0 Å². The van der Waals surface area contributed by atoms with E-state index in [1.807, 2.05) is 60.7 Å². The molecule has 0 radical (unpaired) electrons. The van der Waals surface area contributed by atoms with Gasteiger partial charge in [-0.3, -0.25) is 10.4 Å². The Labute approximate surface area is 138 Å². The Morgan fingerprint density at radius 3 is 1.67 bits per heavy atom. The molecule has 3 aromatic carbocycles. The topological polar surface area (TPSA) is 15.3 Å². The summed E-state index contributed by atoms with van der Waals surface area (Å²) >= 11 is 0. The number of anilines is 3. The maximum atomic E-state index is 12.8. The fraction of sp³-hybridized carbons (Fsp3) is 0.0526. The van der Waals surface area contributed by atoms with Crippen molar-refractivity contribution in [3.63, 3.8) is 0 Å². The maximum absolute atomic E-state index is 12.8. The highest BCUT2D eigenvalue weighted by Crippen LogP contribution is 2.32. The predicted octanol–water partition coefficient (Wildman–Crippen LogP) is 5.87. The average molecular weight is 328 g/mol. The molecule has 0 heterocycles. The number of rotatable bonds is 4. The third-order valence-electron chi connectivity index (χ3n) is 3.48. The van der Waals surface area contributed by atoms with Gasteiger partial charge in [0.1, 0.15) is 0 Å². The Hall–Kier alpha value is -2.95. The zero-order valence-corrected chi connectivity index (χ0v) is 12.7. The SMILES string of the molecule is FC(F)(F)c1ccc(N(Nc2ccccc2)c2ccccc2)cc1. The molecular weight excluding hydrogens is 313 g/mol. The molecule has 3 aromatic rings. The minimum absolute atomic E-state index is 0.609. The molecule has 5 heteroatoms. The highest BCUT2D eigenvalue weighted by atomic mass is 19.4. The second kappa shape index (κ2) is 6.66. The second-order valence-corrected chi connectivity index (χ2v) is 5.19. The molecule has 3 rings (SSSR count). The van der Waals surface area contributed by atoms with E-state index < -0.39 is 11.7 Å². The number of hydrogen-bond donors (Lipinski definition) is 1. The average Bonchev–Trinajstić information content (AvgIpc) is 2.61. The Morgan fingerprint density at radius 1 is 0.625 bits per heavy atom. The quantitative estimate of drug-likeness (QED) is 0.602. The lowest BCUT2D eigenvalue weighted by Crippen LogP contribution is -2.24. The summed E-state index contributed by atoms with van der Waals surface area (Å²) in [6.07, 6.45) is -4.34. The minimum atomic E-state index is -4.34. The van der Waals surface area contributed by atoms with Gasteiger partial charge in [-0.2, -0.15) is 13.2 Å². The summed E-state index contributed by atoms with van der Waals surface area (Å²) < 4.78 is 38.3. The van der Waals surface area contributed by atoms with Crippen molar-refractivity contribution < 1.29 is 13.2 Å². The summed E-state index contributed by atoms with van der Waals surface area (Å²) in [7, 11) is 0. The smallest absolute Gasteiger partial charge is 0.294 e. The van der Waals surface area contributed by atoms with Gasteiger partial charge in [0.2, 0.25) is 0 Å². The van der Waals surface area contributed by atoms with Crippen LogP contribution in [-0.2, 0) is 6.18 Å². The van der Waals surface area contributed by atoms with Crippen LogP contribution in [0.3, 0.4) is 0 Å². The fourth-order valence-electron chi connectivity index (χ4n) is 2.30. The number of nitrogens with zero attached hydrogens (tertiary/aromatic N) is 1. The van der Waals surface area contributed by atoms with Crippen molar-refractivity contribution in [2.24, 2.45) is 0 Å². The molecule has 0 spiro atoms. The van der Waals surface area contributed by atoms with Crippen LogP contribution in [0, 0.1) is 0 Å². The van der Waals surface area contributed by atoms with Crippen molar-refractivity contribution >= 4 is 17.1 Å². The maximum Gasteiger partial charge on any atom is 0.416 e. The van der Waals surface area contributed by atoms with E-state index in [0.717, 1.165) is 23.5 Å². The first kappa shape index (κ1) is 15.9. The van der Waals surface area contributed by atoms with E-state index in [2.05, 4.69) is 5.43 Å². The number of alkyl halides is 3.